The second-order valence-electron chi connectivity index (χ2n) is 5.45. The summed E-state index contributed by atoms with van der Waals surface area (Å²) in [4.78, 5) is 4.21. The Morgan fingerprint density at radius 2 is 2.35 bits per heavy atom. The van der Waals surface area contributed by atoms with Gasteiger partial charge >= 0.3 is 0 Å². The fourth-order valence-corrected chi connectivity index (χ4v) is 2.69. The van der Waals surface area contributed by atoms with Crippen LogP contribution in [0, 0.1) is 11.7 Å². The Balaban J connectivity index is 2.08. The third kappa shape index (κ3) is 3.19. The molecule has 0 aliphatic carbocycles. The first-order valence-electron chi connectivity index (χ1n) is 6.68. The van der Waals surface area contributed by atoms with Gasteiger partial charge in [0.1, 0.15) is 5.82 Å². The lowest BCUT2D eigenvalue weighted by Gasteiger charge is -2.23. The Morgan fingerprint density at radius 1 is 1.60 bits per heavy atom. The summed E-state index contributed by atoms with van der Waals surface area (Å²) in [5.74, 6) is 0.117. The molecule has 1 aliphatic heterocycles. The number of oxime groups is 1. The van der Waals surface area contributed by atoms with Crippen LogP contribution in [0.1, 0.15) is 12.0 Å². The van der Waals surface area contributed by atoms with E-state index >= 15 is 0 Å². The topological polar surface area (TPSA) is 65.1 Å². The molecule has 5 nitrogen and oxygen atoms in total. The zero-order valence-electron chi connectivity index (χ0n) is 11.9. The lowest BCUT2D eigenvalue weighted by molar-refractivity contribution is 0.318. The number of rotatable bonds is 4. The monoisotopic (exact) mass is 280 g/mol. The maximum Gasteiger partial charge on any atom is 0.170 e. The molecule has 1 aliphatic rings. The molecule has 0 amide bonds. The fraction of sp³-hybridized carbons (Fsp3) is 0.500. The zero-order chi connectivity index (χ0) is 14.7. The van der Waals surface area contributed by atoms with E-state index in [0.29, 0.717) is 17.2 Å². The molecule has 20 heavy (non-hydrogen) atoms. The minimum Gasteiger partial charge on any atom is -0.409 e. The molecule has 0 radical (unpaired) electrons. The smallest absolute Gasteiger partial charge is 0.170 e. The van der Waals surface area contributed by atoms with Crippen molar-refractivity contribution in [3.8, 4) is 0 Å². The maximum atomic E-state index is 14.1. The van der Waals surface area contributed by atoms with E-state index in [1.54, 1.807) is 12.1 Å². The first-order valence-corrected chi connectivity index (χ1v) is 6.68. The van der Waals surface area contributed by atoms with Crippen LogP contribution >= 0.6 is 0 Å². The van der Waals surface area contributed by atoms with E-state index in [1.807, 2.05) is 11.9 Å². The van der Waals surface area contributed by atoms with Crippen LogP contribution < -0.4 is 10.6 Å². The molecular formula is C14H21FN4O. The summed E-state index contributed by atoms with van der Waals surface area (Å²) in [6.07, 6.45) is 1.14. The third-order valence-electron chi connectivity index (χ3n) is 3.78. The van der Waals surface area contributed by atoms with Gasteiger partial charge in [-0.25, -0.2) is 4.39 Å². The van der Waals surface area contributed by atoms with Gasteiger partial charge in [-0.05, 0) is 44.1 Å². The molecule has 1 atom stereocenters. The van der Waals surface area contributed by atoms with Gasteiger partial charge in [-0.3, -0.25) is 0 Å². The largest absolute Gasteiger partial charge is 0.409 e. The third-order valence-corrected chi connectivity index (χ3v) is 3.78. The number of anilines is 1. The molecule has 0 aromatic heterocycles. The Morgan fingerprint density at radius 3 is 2.90 bits per heavy atom. The molecule has 0 saturated carbocycles. The normalized spacial score (nSPS) is 20.4. The molecule has 0 bridgehead atoms. The van der Waals surface area contributed by atoms with Gasteiger partial charge in [0.2, 0.25) is 0 Å². The van der Waals surface area contributed by atoms with Crippen molar-refractivity contribution in [3.63, 3.8) is 0 Å². The first kappa shape index (κ1) is 14.6. The van der Waals surface area contributed by atoms with E-state index in [1.165, 1.54) is 6.07 Å². The molecule has 2 rings (SSSR count). The van der Waals surface area contributed by atoms with Crippen molar-refractivity contribution in [3.05, 3.63) is 29.6 Å². The van der Waals surface area contributed by atoms with Crippen molar-refractivity contribution in [2.24, 2.45) is 16.8 Å². The van der Waals surface area contributed by atoms with Crippen LogP contribution in [0.15, 0.2) is 23.4 Å². The molecule has 1 fully saturated rings. The number of nitrogens with zero attached hydrogens (tertiary/aromatic N) is 3. The molecule has 1 aromatic carbocycles. The molecule has 6 heteroatoms. The van der Waals surface area contributed by atoms with Gasteiger partial charge in [0.05, 0.1) is 5.69 Å². The standard InChI is InChI=1S/C14H21FN4O/c1-18-6-5-10(8-18)9-19(2)13-4-3-11(7-12(13)15)14(16)17-20/h3-4,7,10,20H,5-6,8-9H2,1-2H3,(H2,16,17). The molecule has 0 spiro atoms. The van der Waals surface area contributed by atoms with Crippen LogP contribution in [-0.2, 0) is 0 Å². The summed E-state index contributed by atoms with van der Waals surface area (Å²) in [6.45, 7) is 2.97. The average Bonchev–Trinajstić information content (AvgIpc) is 2.82. The average molecular weight is 280 g/mol. The lowest BCUT2D eigenvalue weighted by atomic mass is 10.1. The van der Waals surface area contributed by atoms with Gasteiger partial charge < -0.3 is 20.7 Å². The van der Waals surface area contributed by atoms with Crippen molar-refractivity contribution in [2.45, 2.75) is 6.42 Å². The van der Waals surface area contributed by atoms with Crippen LogP contribution in [0.3, 0.4) is 0 Å². The van der Waals surface area contributed by atoms with Crippen LogP contribution in [0.2, 0.25) is 0 Å². The van der Waals surface area contributed by atoms with Gasteiger partial charge in [0.15, 0.2) is 5.84 Å². The predicted molar refractivity (Wildman–Crippen MR) is 77.8 cm³/mol. The van der Waals surface area contributed by atoms with Crippen molar-refractivity contribution < 1.29 is 9.60 Å². The molecule has 1 heterocycles. The predicted octanol–water partition coefficient (Wildman–Crippen LogP) is 1.31. The fourth-order valence-electron chi connectivity index (χ4n) is 2.69. The van der Waals surface area contributed by atoms with Gasteiger partial charge in [-0.15, -0.1) is 0 Å². The lowest BCUT2D eigenvalue weighted by Crippen LogP contribution is -2.28. The van der Waals surface area contributed by atoms with Crippen LogP contribution in [-0.4, -0.2) is 49.7 Å². The summed E-state index contributed by atoms with van der Waals surface area (Å²) < 4.78 is 14.1. The van der Waals surface area contributed by atoms with Crippen molar-refractivity contribution >= 4 is 11.5 Å². The highest BCUT2D eigenvalue weighted by Crippen LogP contribution is 2.23. The van der Waals surface area contributed by atoms with E-state index in [2.05, 4.69) is 17.1 Å². The van der Waals surface area contributed by atoms with E-state index in [4.69, 9.17) is 10.9 Å². The Bertz CT molecular complexity index is 506. The highest BCUT2D eigenvalue weighted by atomic mass is 19.1. The minimum absolute atomic E-state index is 0.0875. The number of amidine groups is 1. The maximum absolute atomic E-state index is 14.1. The van der Waals surface area contributed by atoms with Crippen LogP contribution in [0.4, 0.5) is 10.1 Å². The van der Waals surface area contributed by atoms with Gasteiger partial charge in [-0.1, -0.05) is 5.16 Å². The number of hydrogen-bond acceptors (Lipinski definition) is 4. The first-order chi connectivity index (χ1) is 9.51. The van der Waals surface area contributed by atoms with Crippen molar-refractivity contribution in [1.29, 1.82) is 0 Å². The number of benzene rings is 1. The summed E-state index contributed by atoms with van der Waals surface area (Å²) in [6, 6.07) is 4.62. The molecule has 1 unspecified atom stereocenters. The Hall–Kier alpha value is -1.82. The molecular weight excluding hydrogens is 259 g/mol. The van der Waals surface area contributed by atoms with E-state index < -0.39 is 0 Å². The van der Waals surface area contributed by atoms with E-state index in [-0.39, 0.29) is 11.7 Å². The van der Waals surface area contributed by atoms with Crippen LogP contribution in [0.25, 0.3) is 0 Å². The minimum atomic E-state index is -0.358. The van der Waals surface area contributed by atoms with E-state index in [0.717, 1.165) is 26.1 Å². The Labute approximate surface area is 118 Å². The van der Waals surface area contributed by atoms with Gasteiger partial charge in [0, 0.05) is 25.7 Å². The zero-order valence-corrected chi connectivity index (χ0v) is 11.9. The number of nitrogens with two attached hydrogens (primary N) is 1. The number of hydrogen-bond donors (Lipinski definition) is 2. The molecule has 1 saturated heterocycles. The molecule has 3 N–H and O–H groups in total. The van der Waals surface area contributed by atoms with Crippen molar-refractivity contribution in [2.75, 3.05) is 38.6 Å². The number of likely N-dealkylation sites (tertiary alicyclic amines) is 1. The summed E-state index contributed by atoms with van der Waals surface area (Å²) in [5.41, 5.74) is 6.36. The highest BCUT2D eigenvalue weighted by Gasteiger charge is 2.21. The highest BCUT2D eigenvalue weighted by molar-refractivity contribution is 5.97. The van der Waals surface area contributed by atoms with E-state index in [9.17, 15) is 4.39 Å². The van der Waals surface area contributed by atoms with Crippen molar-refractivity contribution in [1.82, 2.24) is 4.90 Å². The summed E-state index contributed by atoms with van der Waals surface area (Å²) in [5, 5.41) is 11.5. The molecule has 110 valence electrons. The van der Waals surface area contributed by atoms with Crippen LogP contribution in [0.5, 0.6) is 0 Å². The van der Waals surface area contributed by atoms with Gasteiger partial charge in [0.25, 0.3) is 0 Å². The number of halogens is 1. The molecule has 1 aromatic rings. The second-order valence-corrected chi connectivity index (χ2v) is 5.45. The summed E-state index contributed by atoms with van der Waals surface area (Å²) >= 11 is 0. The van der Waals surface area contributed by atoms with Gasteiger partial charge in [-0.2, -0.15) is 0 Å². The second kappa shape index (κ2) is 6.09. The summed E-state index contributed by atoms with van der Waals surface area (Å²) in [7, 11) is 3.99. The SMILES string of the molecule is CN1CCC(CN(C)c2ccc(C(N)=NO)cc2F)C1. The Kier molecular flexibility index (Phi) is 4.44. The quantitative estimate of drug-likeness (QED) is 0.378.